The Balaban J connectivity index is 4.24. The van der Waals surface area contributed by atoms with E-state index in [4.69, 9.17) is 11.6 Å². The smallest absolute Gasteiger partial charge is 0.0234 e. The van der Waals surface area contributed by atoms with Crippen LogP contribution >= 0.6 is 33.2 Å². The fourth-order valence-electron chi connectivity index (χ4n) is 2.63. The Hall–Kier alpha value is 0.990. The zero-order chi connectivity index (χ0) is 15.1. The fourth-order valence-corrected chi connectivity index (χ4v) is 5.64. The lowest BCUT2D eigenvalue weighted by Gasteiger charge is -2.26. The maximum absolute atomic E-state index is 6.04. The van der Waals surface area contributed by atoms with E-state index in [0.29, 0.717) is 0 Å². The highest BCUT2D eigenvalue weighted by molar-refractivity contribution is 8.76. The summed E-state index contributed by atoms with van der Waals surface area (Å²) in [5.41, 5.74) is 0. The van der Waals surface area contributed by atoms with Gasteiger partial charge in [-0.2, -0.15) is 0 Å². The van der Waals surface area contributed by atoms with Gasteiger partial charge in [-0.05, 0) is 25.2 Å². The molecule has 20 heavy (non-hydrogen) atoms. The molecule has 0 aliphatic rings. The van der Waals surface area contributed by atoms with Gasteiger partial charge >= 0.3 is 0 Å². The van der Waals surface area contributed by atoms with Crippen LogP contribution in [0, 0.1) is 5.92 Å². The van der Waals surface area contributed by atoms with Crippen molar-refractivity contribution >= 4 is 33.2 Å². The molecule has 0 spiro atoms. The second-order valence-electron chi connectivity index (χ2n) is 5.62. The number of unbranched alkanes of at least 4 members (excludes halogenated alkanes) is 5. The minimum atomic E-state index is 0.774. The lowest BCUT2D eigenvalue weighted by molar-refractivity contribution is 0.392. The van der Waals surface area contributed by atoms with Gasteiger partial charge in [0.25, 0.3) is 0 Å². The van der Waals surface area contributed by atoms with Crippen molar-refractivity contribution in [3.05, 3.63) is 0 Å². The molecule has 2 atom stereocenters. The van der Waals surface area contributed by atoms with Gasteiger partial charge in [-0.1, -0.05) is 87.3 Å². The third-order valence-corrected chi connectivity index (χ3v) is 7.15. The number of hydrogen-bond acceptors (Lipinski definition) is 2. The van der Waals surface area contributed by atoms with Crippen molar-refractivity contribution in [2.45, 2.75) is 90.2 Å². The van der Waals surface area contributed by atoms with Gasteiger partial charge in [0.1, 0.15) is 0 Å². The molecule has 0 radical (unpaired) electrons. The Morgan fingerprint density at radius 1 is 0.800 bits per heavy atom. The van der Waals surface area contributed by atoms with Crippen molar-refractivity contribution in [1.82, 2.24) is 0 Å². The van der Waals surface area contributed by atoms with Gasteiger partial charge in [0.15, 0.2) is 0 Å². The molecular weight excluding hydrogens is 304 g/mol. The Morgan fingerprint density at radius 3 is 1.95 bits per heavy atom. The van der Waals surface area contributed by atoms with E-state index in [1.54, 1.807) is 0 Å². The van der Waals surface area contributed by atoms with Gasteiger partial charge in [0.05, 0.1) is 0 Å². The maximum atomic E-state index is 6.04. The van der Waals surface area contributed by atoms with Crippen LogP contribution in [0.3, 0.4) is 0 Å². The molecule has 0 nitrogen and oxygen atoms in total. The van der Waals surface area contributed by atoms with E-state index in [9.17, 15) is 0 Å². The van der Waals surface area contributed by atoms with E-state index >= 15 is 0 Å². The third kappa shape index (κ3) is 11.6. The lowest BCUT2D eigenvalue weighted by atomic mass is 9.90. The van der Waals surface area contributed by atoms with Gasteiger partial charge in [-0.25, -0.2) is 0 Å². The molecule has 122 valence electrons. The fraction of sp³-hybridized carbons (Fsp3) is 1.00. The van der Waals surface area contributed by atoms with Crippen molar-refractivity contribution in [1.29, 1.82) is 0 Å². The van der Waals surface area contributed by atoms with Crippen molar-refractivity contribution in [2.24, 2.45) is 5.92 Å². The molecular formula is C17H35ClS2. The largest absolute Gasteiger partial charge is 0.127 e. The van der Waals surface area contributed by atoms with Gasteiger partial charge < -0.3 is 0 Å². The summed E-state index contributed by atoms with van der Waals surface area (Å²) in [5, 5.41) is 0.774. The molecule has 0 aromatic carbocycles. The summed E-state index contributed by atoms with van der Waals surface area (Å²) >= 11 is 6.04. The zero-order valence-electron chi connectivity index (χ0n) is 13.8. The van der Waals surface area contributed by atoms with Crippen LogP contribution in [-0.2, 0) is 0 Å². The van der Waals surface area contributed by atoms with E-state index < -0.39 is 0 Å². The van der Waals surface area contributed by atoms with Crippen LogP contribution in [0.4, 0.5) is 0 Å². The zero-order valence-corrected chi connectivity index (χ0v) is 16.2. The second-order valence-corrected chi connectivity index (χ2v) is 8.90. The second kappa shape index (κ2) is 16.4. The summed E-state index contributed by atoms with van der Waals surface area (Å²) in [6.07, 6.45) is 13.7. The van der Waals surface area contributed by atoms with E-state index in [0.717, 1.165) is 17.0 Å². The van der Waals surface area contributed by atoms with Crippen molar-refractivity contribution in [2.75, 3.05) is 11.6 Å². The Morgan fingerprint density at radius 2 is 1.40 bits per heavy atom. The first-order valence-electron chi connectivity index (χ1n) is 8.64. The van der Waals surface area contributed by atoms with Gasteiger partial charge in [0.2, 0.25) is 0 Å². The predicted octanol–water partition coefficient (Wildman–Crippen LogP) is 7.55. The van der Waals surface area contributed by atoms with Crippen LogP contribution in [-0.4, -0.2) is 16.9 Å². The molecule has 0 amide bonds. The van der Waals surface area contributed by atoms with E-state index in [-0.39, 0.29) is 0 Å². The molecule has 3 heteroatoms. The van der Waals surface area contributed by atoms with Gasteiger partial charge in [0, 0.05) is 16.9 Å². The third-order valence-electron chi connectivity index (χ3n) is 3.84. The monoisotopic (exact) mass is 338 g/mol. The summed E-state index contributed by atoms with van der Waals surface area (Å²) in [4.78, 5) is 0. The van der Waals surface area contributed by atoms with Gasteiger partial charge in [-0.15, -0.1) is 11.6 Å². The number of hydrogen-bond donors (Lipinski definition) is 0. The summed E-state index contributed by atoms with van der Waals surface area (Å²) in [6.45, 7) is 6.85. The summed E-state index contributed by atoms with van der Waals surface area (Å²) < 4.78 is 0. The SMILES string of the molecule is CCCCCCC(CCCCC)[C@H](CCCl)SSCC. The first-order chi connectivity index (χ1) is 9.79. The van der Waals surface area contributed by atoms with Crippen LogP contribution in [0.5, 0.6) is 0 Å². The molecule has 0 aromatic rings. The van der Waals surface area contributed by atoms with Crippen molar-refractivity contribution < 1.29 is 0 Å². The number of halogens is 1. The normalized spacial score (nSPS) is 14.4. The van der Waals surface area contributed by atoms with Crippen LogP contribution in [0.1, 0.15) is 85.0 Å². The molecule has 0 saturated carbocycles. The Labute approximate surface area is 141 Å². The van der Waals surface area contributed by atoms with Crippen LogP contribution in [0.15, 0.2) is 0 Å². The summed E-state index contributed by atoms with van der Waals surface area (Å²) in [5.74, 6) is 2.92. The number of alkyl halides is 1. The topological polar surface area (TPSA) is 0 Å². The van der Waals surface area contributed by atoms with Crippen LogP contribution < -0.4 is 0 Å². The minimum Gasteiger partial charge on any atom is -0.127 e. The molecule has 0 heterocycles. The van der Waals surface area contributed by atoms with Crippen molar-refractivity contribution in [3.63, 3.8) is 0 Å². The summed E-state index contributed by atoms with van der Waals surface area (Å²) in [6, 6.07) is 0. The maximum Gasteiger partial charge on any atom is 0.0234 e. The first kappa shape index (κ1) is 21.0. The lowest BCUT2D eigenvalue weighted by Crippen LogP contribution is -2.18. The Bertz CT molecular complexity index is 188. The molecule has 0 rings (SSSR count). The molecule has 0 saturated heterocycles. The molecule has 0 fully saturated rings. The standard InChI is InChI=1S/C17H35ClS2/c1-4-7-9-11-13-16(12-10-8-5-2)17(14-15-18)20-19-6-3/h16-17H,4-15H2,1-3H3/t16?,17-/m0/s1. The molecule has 0 aliphatic carbocycles. The van der Waals surface area contributed by atoms with E-state index in [2.05, 4.69) is 31.6 Å². The quantitative estimate of drug-likeness (QED) is 0.172. The van der Waals surface area contributed by atoms with Crippen LogP contribution in [0.2, 0.25) is 0 Å². The highest BCUT2D eigenvalue weighted by Crippen LogP contribution is 2.38. The molecule has 0 bridgehead atoms. The predicted molar refractivity (Wildman–Crippen MR) is 101 cm³/mol. The van der Waals surface area contributed by atoms with Crippen LogP contribution in [0.25, 0.3) is 0 Å². The Kier molecular flexibility index (Phi) is 17.2. The highest BCUT2D eigenvalue weighted by Gasteiger charge is 2.21. The highest BCUT2D eigenvalue weighted by atomic mass is 35.5. The summed E-state index contributed by atoms with van der Waals surface area (Å²) in [7, 11) is 4.13. The average Bonchev–Trinajstić information content (AvgIpc) is 2.46. The van der Waals surface area contributed by atoms with Crippen molar-refractivity contribution in [3.8, 4) is 0 Å². The van der Waals surface area contributed by atoms with Gasteiger partial charge in [-0.3, -0.25) is 0 Å². The first-order valence-corrected chi connectivity index (χ1v) is 11.6. The number of rotatable bonds is 15. The van der Waals surface area contributed by atoms with E-state index in [1.807, 2.05) is 10.8 Å². The molecule has 0 N–H and O–H groups in total. The molecule has 0 aromatic heterocycles. The molecule has 0 aliphatic heterocycles. The average molecular weight is 339 g/mol. The minimum absolute atomic E-state index is 0.774. The van der Waals surface area contributed by atoms with E-state index in [1.165, 1.54) is 70.0 Å². The molecule has 1 unspecified atom stereocenters.